The van der Waals surface area contributed by atoms with Crippen molar-refractivity contribution in [1.82, 2.24) is 9.97 Å². The zero-order valence-electron chi connectivity index (χ0n) is 8.98. The van der Waals surface area contributed by atoms with Crippen LogP contribution >= 0.6 is 31.9 Å². The largest absolute Gasteiger partial charge is 0.368 e. The predicted octanol–water partition coefficient (Wildman–Crippen LogP) is 3.20. The second-order valence-electron chi connectivity index (χ2n) is 3.36. The van der Waals surface area contributed by atoms with E-state index in [0.29, 0.717) is 15.9 Å². The molecule has 0 unspecified atom stereocenters. The summed E-state index contributed by atoms with van der Waals surface area (Å²) in [7, 11) is 0. The van der Waals surface area contributed by atoms with E-state index >= 15 is 0 Å². The first-order valence-corrected chi connectivity index (χ1v) is 6.43. The van der Waals surface area contributed by atoms with Crippen molar-refractivity contribution in [1.29, 1.82) is 5.26 Å². The van der Waals surface area contributed by atoms with Gasteiger partial charge in [-0.2, -0.15) is 10.2 Å². The highest BCUT2D eigenvalue weighted by Crippen LogP contribution is 2.29. The molecule has 7 heteroatoms. The molecule has 0 fully saturated rings. The number of benzene rings is 1. The van der Waals surface area contributed by atoms with Gasteiger partial charge in [0.1, 0.15) is 5.82 Å². The summed E-state index contributed by atoms with van der Waals surface area (Å²) in [6.07, 6.45) is 1.57. The molecule has 0 radical (unpaired) electrons. The summed E-state index contributed by atoms with van der Waals surface area (Å²) < 4.78 is 1.47. The van der Waals surface area contributed by atoms with Gasteiger partial charge in [-0.3, -0.25) is 0 Å². The van der Waals surface area contributed by atoms with Crippen LogP contribution in [0.2, 0.25) is 0 Å². The van der Waals surface area contributed by atoms with Crippen molar-refractivity contribution in [3.05, 3.63) is 38.9 Å². The molecule has 3 N–H and O–H groups in total. The third-order valence-electron chi connectivity index (χ3n) is 2.11. The molecule has 1 aromatic carbocycles. The lowest BCUT2D eigenvalue weighted by Crippen LogP contribution is -2.01. The molecule has 0 aliphatic rings. The van der Waals surface area contributed by atoms with Crippen molar-refractivity contribution in [2.24, 2.45) is 0 Å². The van der Waals surface area contributed by atoms with Crippen LogP contribution in [0, 0.1) is 11.3 Å². The van der Waals surface area contributed by atoms with Crippen LogP contribution in [0.15, 0.2) is 33.3 Å². The van der Waals surface area contributed by atoms with E-state index in [1.165, 1.54) is 0 Å². The molecule has 1 heterocycles. The zero-order valence-corrected chi connectivity index (χ0v) is 12.2. The Morgan fingerprint density at radius 2 is 2.06 bits per heavy atom. The van der Waals surface area contributed by atoms with Crippen molar-refractivity contribution in [2.75, 3.05) is 11.1 Å². The number of halogens is 2. The first-order valence-electron chi connectivity index (χ1n) is 4.85. The van der Waals surface area contributed by atoms with Gasteiger partial charge in [-0.1, -0.05) is 0 Å². The Morgan fingerprint density at radius 3 is 2.72 bits per heavy atom. The summed E-state index contributed by atoms with van der Waals surface area (Å²) in [6, 6.07) is 7.29. The lowest BCUT2D eigenvalue weighted by atomic mass is 10.2. The van der Waals surface area contributed by atoms with Gasteiger partial charge in [0.05, 0.1) is 21.8 Å². The molecule has 2 rings (SSSR count). The molecule has 0 atom stereocenters. The Hall–Kier alpha value is -1.65. The van der Waals surface area contributed by atoms with E-state index in [-0.39, 0.29) is 5.95 Å². The number of nitrogens with zero attached hydrogens (tertiary/aromatic N) is 3. The molecule has 0 aliphatic heterocycles. The van der Waals surface area contributed by atoms with Crippen molar-refractivity contribution < 1.29 is 0 Å². The molecule has 18 heavy (non-hydrogen) atoms. The number of nitrogens with one attached hydrogen (secondary N) is 1. The molecule has 90 valence electrons. The van der Waals surface area contributed by atoms with Gasteiger partial charge in [0.25, 0.3) is 0 Å². The van der Waals surface area contributed by atoms with Crippen LogP contribution in [-0.2, 0) is 0 Å². The predicted molar refractivity (Wildman–Crippen MR) is 76.3 cm³/mol. The molecule has 0 aliphatic carbocycles. The summed E-state index contributed by atoms with van der Waals surface area (Å²) >= 11 is 6.71. The number of rotatable bonds is 2. The van der Waals surface area contributed by atoms with Gasteiger partial charge >= 0.3 is 0 Å². The monoisotopic (exact) mass is 367 g/mol. The maximum atomic E-state index is 8.79. The molecular weight excluding hydrogens is 362 g/mol. The fourth-order valence-corrected chi connectivity index (χ4v) is 2.05. The minimum atomic E-state index is 0.186. The minimum Gasteiger partial charge on any atom is -0.368 e. The highest BCUT2D eigenvalue weighted by atomic mass is 79.9. The van der Waals surface area contributed by atoms with Gasteiger partial charge in [-0.25, -0.2) is 4.98 Å². The number of anilines is 3. The Balaban J connectivity index is 2.34. The molecule has 0 saturated carbocycles. The Morgan fingerprint density at radius 1 is 1.28 bits per heavy atom. The third kappa shape index (κ3) is 2.78. The minimum absolute atomic E-state index is 0.186. The summed E-state index contributed by atoms with van der Waals surface area (Å²) in [4.78, 5) is 7.93. The number of aromatic nitrogens is 2. The Labute approximate surface area is 120 Å². The molecule has 0 amide bonds. The first-order chi connectivity index (χ1) is 8.60. The first kappa shape index (κ1) is 12.8. The SMILES string of the molecule is N#Cc1ccc(Nc2nc(N)ncc2Br)c(Br)c1. The van der Waals surface area contributed by atoms with Crippen molar-refractivity contribution in [2.45, 2.75) is 0 Å². The van der Waals surface area contributed by atoms with Crippen molar-refractivity contribution in [3.8, 4) is 6.07 Å². The van der Waals surface area contributed by atoms with Gasteiger partial charge in [0, 0.05) is 10.7 Å². The molecule has 0 spiro atoms. The Kier molecular flexibility index (Phi) is 3.79. The van der Waals surface area contributed by atoms with Gasteiger partial charge in [-0.15, -0.1) is 0 Å². The lowest BCUT2D eigenvalue weighted by Gasteiger charge is -2.09. The zero-order chi connectivity index (χ0) is 13.1. The summed E-state index contributed by atoms with van der Waals surface area (Å²) in [5.74, 6) is 0.748. The number of hydrogen-bond donors (Lipinski definition) is 2. The fourth-order valence-electron chi connectivity index (χ4n) is 1.28. The van der Waals surface area contributed by atoms with Crippen LogP contribution in [0.5, 0.6) is 0 Å². The van der Waals surface area contributed by atoms with Crippen LogP contribution in [0.25, 0.3) is 0 Å². The van der Waals surface area contributed by atoms with Gasteiger partial charge in [0.15, 0.2) is 0 Å². The molecule has 0 saturated heterocycles. The highest BCUT2D eigenvalue weighted by molar-refractivity contribution is 9.11. The van der Waals surface area contributed by atoms with Crippen LogP contribution in [0.4, 0.5) is 17.5 Å². The van der Waals surface area contributed by atoms with E-state index in [2.05, 4.69) is 53.2 Å². The van der Waals surface area contributed by atoms with Crippen molar-refractivity contribution >= 4 is 49.3 Å². The molecule has 1 aromatic heterocycles. The van der Waals surface area contributed by atoms with Crippen molar-refractivity contribution in [3.63, 3.8) is 0 Å². The standard InChI is InChI=1S/C11H7Br2N5/c12-7-3-6(4-14)1-2-9(7)17-10-8(13)5-16-11(15)18-10/h1-3,5H,(H3,15,16,17,18). The lowest BCUT2D eigenvalue weighted by molar-refractivity contribution is 1.17. The topological polar surface area (TPSA) is 87.6 Å². The highest BCUT2D eigenvalue weighted by Gasteiger charge is 2.07. The van der Waals surface area contributed by atoms with Gasteiger partial charge < -0.3 is 11.1 Å². The van der Waals surface area contributed by atoms with Crippen LogP contribution in [0.3, 0.4) is 0 Å². The number of nitriles is 1. The number of nitrogen functional groups attached to an aromatic ring is 1. The van der Waals surface area contributed by atoms with Crippen LogP contribution in [0.1, 0.15) is 5.56 Å². The van der Waals surface area contributed by atoms with E-state index in [1.807, 2.05) is 0 Å². The van der Waals surface area contributed by atoms with Crippen LogP contribution < -0.4 is 11.1 Å². The molecule has 2 aromatic rings. The molecule has 5 nitrogen and oxygen atoms in total. The smallest absolute Gasteiger partial charge is 0.222 e. The summed E-state index contributed by atoms with van der Waals surface area (Å²) in [5, 5.41) is 11.9. The quantitative estimate of drug-likeness (QED) is 0.849. The van der Waals surface area contributed by atoms with Gasteiger partial charge in [-0.05, 0) is 50.1 Å². The second kappa shape index (κ2) is 5.33. The number of nitrogens with two attached hydrogens (primary N) is 1. The van der Waals surface area contributed by atoms with E-state index in [4.69, 9.17) is 11.0 Å². The average Bonchev–Trinajstić information content (AvgIpc) is 2.36. The number of hydrogen-bond acceptors (Lipinski definition) is 5. The van der Waals surface area contributed by atoms with E-state index < -0.39 is 0 Å². The summed E-state index contributed by atoms with van der Waals surface area (Å²) in [5.41, 5.74) is 6.89. The van der Waals surface area contributed by atoms with E-state index in [0.717, 1.165) is 10.2 Å². The average molecular weight is 369 g/mol. The fraction of sp³-hybridized carbons (Fsp3) is 0. The molecular formula is C11H7Br2N5. The normalized spacial score (nSPS) is 9.83. The maximum absolute atomic E-state index is 8.79. The summed E-state index contributed by atoms with van der Waals surface area (Å²) in [6.45, 7) is 0. The van der Waals surface area contributed by atoms with Gasteiger partial charge in [0.2, 0.25) is 5.95 Å². The van der Waals surface area contributed by atoms with E-state index in [1.54, 1.807) is 24.4 Å². The molecule has 0 bridgehead atoms. The third-order valence-corrected chi connectivity index (χ3v) is 3.35. The van der Waals surface area contributed by atoms with E-state index in [9.17, 15) is 0 Å². The van der Waals surface area contributed by atoms with Crippen LogP contribution in [-0.4, -0.2) is 9.97 Å². The Bertz CT molecular complexity index is 636. The second-order valence-corrected chi connectivity index (χ2v) is 5.06. The maximum Gasteiger partial charge on any atom is 0.222 e.